The van der Waals surface area contributed by atoms with Crippen molar-refractivity contribution < 1.29 is 9.32 Å². The van der Waals surface area contributed by atoms with Gasteiger partial charge in [0.15, 0.2) is 0 Å². The highest BCUT2D eigenvalue weighted by Gasteiger charge is 2.16. The molecule has 0 aliphatic carbocycles. The third kappa shape index (κ3) is 3.75. The summed E-state index contributed by atoms with van der Waals surface area (Å²) in [6.07, 6.45) is 0. The maximum atomic E-state index is 12.7. The third-order valence-corrected chi connectivity index (χ3v) is 4.92. The van der Waals surface area contributed by atoms with Gasteiger partial charge in [0.25, 0.3) is 11.8 Å². The average Bonchev–Trinajstić information content (AvgIpc) is 3.19. The van der Waals surface area contributed by atoms with Crippen molar-refractivity contribution in [2.24, 2.45) is 0 Å². The summed E-state index contributed by atoms with van der Waals surface area (Å²) in [6, 6.07) is 24.4. The highest BCUT2D eigenvalue weighted by molar-refractivity contribution is 14.1. The molecular weight excluding hydrogens is 453 g/mol. The summed E-state index contributed by atoms with van der Waals surface area (Å²) in [7, 11) is 0. The van der Waals surface area contributed by atoms with Crippen LogP contribution < -0.4 is 5.32 Å². The van der Waals surface area contributed by atoms with Crippen molar-refractivity contribution in [1.29, 1.82) is 0 Å². The van der Waals surface area contributed by atoms with Crippen molar-refractivity contribution in [1.82, 2.24) is 10.1 Å². The van der Waals surface area contributed by atoms with Crippen LogP contribution in [0.1, 0.15) is 10.4 Å². The predicted octanol–water partition coefficient (Wildman–Crippen LogP) is 5.26. The van der Waals surface area contributed by atoms with Crippen LogP contribution in [0.4, 0.5) is 5.69 Å². The first-order valence-corrected chi connectivity index (χ1v) is 9.34. The zero-order valence-electron chi connectivity index (χ0n) is 14.1. The molecule has 0 bridgehead atoms. The van der Waals surface area contributed by atoms with Crippen molar-refractivity contribution in [2.45, 2.75) is 0 Å². The number of benzene rings is 3. The molecule has 0 aliphatic rings. The topological polar surface area (TPSA) is 68.0 Å². The minimum absolute atomic E-state index is 0.185. The molecule has 1 amide bonds. The van der Waals surface area contributed by atoms with Crippen LogP contribution in [0.15, 0.2) is 83.4 Å². The lowest BCUT2D eigenvalue weighted by Gasteiger charge is -2.09. The monoisotopic (exact) mass is 467 g/mol. The Morgan fingerprint density at radius 2 is 1.59 bits per heavy atom. The Morgan fingerprint density at radius 1 is 0.889 bits per heavy atom. The van der Waals surface area contributed by atoms with E-state index in [4.69, 9.17) is 4.52 Å². The molecular formula is C21H14IN3O2. The van der Waals surface area contributed by atoms with Gasteiger partial charge in [0.2, 0.25) is 5.82 Å². The van der Waals surface area contributed by atoms with Gasteiger partial charge in [-0.25, -0.2) is 0 Å². The maximum absolute atomic E-state index is 12.7. The fraction of sp³-hybridized carbons (Fsp3) is 0. The van der Waals surface area contributed by atoms with Crippen LogP contribution >= 0.6 is 22.6 Å². The number of aromatic nitrogens is 2. The number of hydrogen-bond donors (Lipinski definition) is 1. The molecule has 0 aliphatic heterocycles. The molecule has 0 saturated carbocycles. The summed E-state index contributed by atoms with van der Waals surface area (Å²) in [4.78, 5) is 17.1. The molecule has 27 heavy (non-hydrogen) atoms. The number of carbonyl (C=O) groups is 1. The summed E-state index contributed by atoms with van der Waals surface area (Å²) in [6.45, 7) is 0. The zero-order valence-corrected chi connectivity index (χ0v) is 16.3. The molecule has 4 rings (SSSR count). The first-order chi connectivity index (χ1) is 13.2. The Kier molecular flexibility index (Phi) is 4.97. The fourth-order valence-electron chi connectivity index (χ4n) is 2.65. The normalized spacial score (nSPS) is 10.6. The van der Waals surface area contributed by atoms with Gasteiger partial charge < -0.3 is 9.84 Å². The maximum Gasteiger partial charge on any atom is 0.260 e. The van der Waals surface area contributed by atoms with E-state index in [-0.39, 0.29) is 5.91 Å². The number of hydrogen-bond acceptors (Lipinski definition) is 4. The van der Waals surface area contributed by atoms with Crippen LogP contribution in [0.3, 0.4) is 0 Å². The van der Waals surface area contributed by atoms with Gasteiger partial charge in [-0.2, -0.15) is 4.98 Å². The van der Waals surface area contributed by atoms with Crippen LogP contribution in [0.25, 0.3) is 22.8 Å². The van der Waals surface area contributed by atoms with Gasteiger partial charge in [0, 0.05) is 9.13 Å². The van der Waals surface area contributed by atoms with Crippen molar-refractivity contribution >= 4 is 34.2 Å². The van der Waals surface area contributed by atoms with Gasteiger partial charge in [0.1, 0.15) is 0 Å². The average molecular weight is 467 g/mol. The van der Waals surface area contributed by atoms with Crippen molar-refractivity contribution in [2.75, 3.05) is 5.32 Å². The second kappa shape index (κ2) is 7.71. The number of carbonyl (C=O) groups excluding carboxylic acids is 1. The number of rotatable bonds is 4. The van der Waals surface area contributed by atoms with Gasteiger partial charge >= 0.3 is 0 Å². The molecule has 0 spiro atoms. The molecule has 4 aromatic rings. The summed E-state index contributed by atoms with van der Waals surface area (Å²) >= 11 is 2.15. The Balaban J connectivity index is 1.65. The van der Waals surface area contributed by atoms with E-state index in [1.165, 1.54) is 0 Å². The highest BCUT2D eigenvalue weighted by Crippen LogP contribution is 2.29. The Morgan fingerprint density at radius 3 is 2.41 bits per heavy atom. The van der Waals surface area contributed by atoms with E-state index in [1.54, 1.807) is 6.07 Å². The van der Waals surface area contributed by atoms with Crippen LogP contribution in [0, 0.1) is 3.57 Å². The third-order valence-electron chi connectivity index (χ3n) is 3.98. The zero-order chi connectivity index (χ0) is 18.6. The number of nitrogens with one attached hydrogen (secondary N) is 1. The lowest BCUT2D eigenvalue weighted by atomic mass is 10.1. The summed E-state index contributed by atoms with van der Waals surface area (Å²) in [5, 5.41) is 7.00. The summed E-state index contributed by atoms with van der Waals surface area (Å²) < 4.78 is 6.33. The molecule has 0 radical (unpaired) electrons. The van der Waals surface area contributed by atoms with Gasteiger partial charge in [0.05, 0.1) is 16.8 Å². The van der Waals surface area contributed by atoms with Crippen molar-refractivity contribution in [3.8, 4) is 22.8 Å². The second-order valence-corrected chi connectivity index (χ2v) is 6.93. The van der Waals surface area contributed by atoms with E-state index in [9.17, 15) is 4.79 Å². The van der Waals surface area contributed by atoms with Crippen molar-refractivity contribution in [3.63, 3.8) is 0 Å². The summed E-state index contributed by atoms with van der Waals surface area (Å²) in [5.41, 5.74) is 2.77. The number of para-hydroxylation sites is 1. The van der Waals surface area contributed by atoms with E-state index < -0.39 is 0 Å². The van der Waals surface area contributed by atoms with Crippen LogP contribution in [0.2, 0.25) is 0 Å². The van der Waals surface area contributed by atoms with E-state index in [0.29, 0.717) is 28.5 Å². The molecule has 0 fully saturated rings. The molecule has 0 saturated heterocycles. The molecule has 0 unspecified atom stereocenters. The lowest BCUT2D eigenvalue weighted by Crippen LogP contribution is -2.14. The number of anilines is 1. The minimum atomic E-state index is -0.185. The largest absolute Gasteiger partial charge is 0.334 e. The van der Waals surface area contributed by atoms with Gasteiger partial charge in [-0.1, -0.05) is 59.8 Å². The van der Waals surface area contributed by atoms with E-state index in [1.807, 2.05) is 72.8 Å². The Bertz CT molecular complexity index is 1090. The lowest BCUT2D eigenvalue weighted by molar-refractivity contribution is 0.102. The number of nitrogens with zero attached hydrogens (tertiary/aromatic N) is 2. The van der Waals surface area contributed by atoms with Gasteiger partial charge in [-0.3, -0.25) is 4.79 Å². The van der Waals surface area contributed by atoms with E-state index in [2.05, 4.69) is 38.0 Å². The van der Waals surface area contributed by atoms with E-state index >= 15 is 0 Å². The van der Waals surface area contributed by atoms with Gasteiger partial charge in [-0.05, 0) is 46.9 Å². The molecule has 6 heteroatoms. The SMILES string of the molecule is O=C(Nc1ccccc1-c1nc(-c2ccccc2)no1)c1ccccc1I. The molecule has 0 atom stereocenters. The Hall–Kier alpha value is -3.00. The molecule has 5 nitrogen and oxygen atoms in total. The second-order valence-electron chi connectivity index (χ2n) is 5.77. The van der Waals surface area contributed by atoms with Crippen LogP contribution in [0.5, 0.6) is 0 Å². The highest BCUT2D eigenvalue weighted by atomic mass is 127. The smallest absolute Gasteiger partial charge is 0.260 e. The molecule has 1 aromatic heterocycles. The Labute approximate surface area is 169 Å². The molecule has 132 valence electrons. The first kappa shape index (κ1) is 17.4. The van der Waals surface area contributed by atoms with Crippen LogP contribution in [-0.2, 0) is 0 Å². The van der Waals surface area contributed by atoms with E-state index in [0.717, 1.165) is 9.13 Å². The standard InChI is InChI=1S/C21H14IN3O2/c22-17-12-6-4-10-15(17)20(26)23-18-13-7-5-11-16(18)21-24-19(25-27-21)14-8-2-1-3-9-14/h1-13H,(H,23,26). The van der Waals surface area contributed by atoms with Crippen molar-refractivity contribution in [3.05, 3.63) is 88.0 Å². The quantitative estimate of drug-likeness (QED) is 0.416. The molecule has 3 aromatic carbocycles. The molecule has 1 N–H and O–H groups in total. The number of halogens is 1. The van der Waals surface area contributed by atoms with Crippen LogP contribution in [-0.4, -0.2) is 16.0 Å². The minimum Gasteiger partial charge on any atom is -0.334 e. The molecule has 1 heterocycles. The number of amides is 1. The van der Waals surface area contributed by atoms with Gasteiger partial charge in [-0.15, -0.1) is 0 Å². The summed E-state index contributed by atoms with van der Waals surface area (Å²) in [5.74, 6) is 0.673. The first-order valence-electron chi connectivity index (χ1n) is 8.27. The fourth-order valence-corrected chi connectivity index (χ4v) is 3.28. The predicted molar refractivity (Wildman–Crippen MR) is 112 cm³/mol.